The van der Waals surface area contributed by atoms with Crippen molar-refractivity contribution in [3.63, 3.8) is 0 Å². The average Bonchev–Trinajstić information content (AvgIpc) is 3.31. The van der Waals surface area contributed by atoms with Gasteiger partial charge in [-0.05, 0) is 35.4 Å². The standard InChI is InChI=1S/C24H22N4O2S/c1-30-21-14-12-20(13-15-21)28-17-25-27-24(28)31-16-22(29)26-23(18-8-4-2-5-9-18)19-10-6-3-7-11-19/h2-15,17,23H,16H2,1H3,(H,26,29). The Morgan fingerprint density at radius 3 is 2.16 bits per heavy atom. The molecule has 1 N–H and O–H groups in total. The minimum absolute atomic E-state index is 0.0769. The first-order chi connectivity index (χ1) is 15.2. The van der Waals surface area contributed by atoms with E-state index >= 15 is 0 Å². The molecule has 0 spiro atoms. The van der Waals surface area contributed by atoms with E-state index < -0.39 is 0 Å². The molecular formula is C24H22N4O2S. The van der Waals surface area contributed by atoms with Gasteiger partial charge in [0.15, 0.2) is 5.16 Å². The summed E-state index contributed by atoms with van der Waals surface area (Å²) in [4.78, 5) is 12.8. The molecule has 0 fully saturated rings. The first-order valence-corrected chi connectivity index (χ1v) is 10.8. The van der Waals surface area contributed by atoms with Crippen molar-refractivity contribution >= 4 is 17.7 Å². The molecule has 6 nitrogen and oxygen atoms in total. The molecule has 4 aromatic rings. The van der Waals surface area contributed by atoms with E-state index in [2.05, 4.69) is 15.5 Å². The minimum atomic E-state index is -0.213. The largest absolute Gasteiger partial charge is 0.497 e. The Balaban J connectivity index is 1.45. The van der Waals surface area contributed by atoms with Crippen LogP contribution in [0.1, 0.15) is 17.2 Å². The number of carbonyl (C=O) groups is 1. The second-order valence-electron chi connectivity index (χ2n) is 6.79. The highest BCUT2D eigenvalue weighted by atomic mass is 32.2. The Kier molecular flexibility index (Phi) is 6.64. The summed E-state index contributed by atoms with van der Waals surface area (Å²) in [6, 6.07) is 27.3. The molecule has 0 atom stereocenters. The molecule has 156 valence electrons. The minimum Gasteiger partial charge on any atom is -0.497 e. The molecule has 1 heterocycles. The van der Waals surface area contributed by atoms with Crippen molar-refractivity contribution in [3.05, 3.63) is 102 Å². The van der Waals surface area contributed by atoms with Crippen LogP contribution in [-0.4, -0.2) is 33.5 Å². The molecule has 0 saturated carbocycles. The highest BCUT2D eigenvalue weighted by Gasteiger charge is 2.17. The Morgan fingerprint density at radius 2 is 1.58 bits per heavy atom. The van der Waals surface area contributed by atoms with Gasteiger partial charge in [-0.15, -0.1) is 10.2 Å². The van der Waals surface area contributed by atoms with Crippen molar-refractivity contribution < 1.29 is 9.53 Å². The zero-order chi connectivity index (χ0) is 21.5. The van der Waals surface area contributed by atoms with Gasteiger partial charge in [-0.2, -0.15) is 0 Å². The molecule has 3 aromatic carbocycles. The van der Waals surface area contributed by atoms with Gasteiger partial charge in [0.2, 0.25) is 5.91 Å². The van der Waals surface area contributed by atoms with Gasteiger partial charge in [-0.3, -0.25) is 9.36 Å². The van der Waals surface area contributed by atoms with E-state index in [9.17, 15) is 4.79 Å². The molecular weight excluding hydrogens is 408 g/mol. The number of carbonyl (C=O) groups excluding carboxylic acids is 1. The quantitative estimate of drug-likeness (QED) is 0.423. The van der Waals surface area contributed by atoms with Gasteiger partial charge in [0.25, 0.3) is 0 Å². The molecule has 4 rings (SSSR count). The van der Waals surface area contributed by atoms with Crippen LogP contribution in [0.5, 0.6) is 5.75 Å². The van der Waals surface area contributed by atoms with E-state index in [1.807, 2.05) is 89.5 Å². The predicted molar refractivity (Wildman–Crippen MR) is 122 cm³/mol. The number of nitrogens with zero attached hydrogens (tertiary/aromatic N) is 3. The van der Waals surface area contributed by atoms with E-state index in [1.165, 1.54) is 11.8 Å². The van der Waals surface area contributed by atoms with Gasteiger partial charge in [-0.25, -0.2) is 0 Å². The maximum atomic E-state index is 12.8. The van der Waals surface area contributed by atoms with Gasteiger partial charge in [0.1, 0.15) is 12.1 Å². The maximum Gasteiger partial charge on any atom is 0.231 e. The number of hydrogen-bond donors (Lipinski definition) is 1. The number of methoxy groups -OCH3 is 1. The number of thioether (sulfide) groups is 1. The smallest absolute Gasteiger partial charge is 0.231 e. The predicted octanol–water partition coefficient (Wildman–Crippen LogP) is 4.27. The summed E-state index contributed by atoms with van der Waals surface area (Å²) in [5.41, 5.74) is 2.97. The normalized spacial score (nSPS) is 10.8. The molecule has 0 unspecified atom stereocenters. The fraction of sp³-hybridized carbons (Fsp3) is 0.125. The number of ether oxygens (including phenoxy) is 1. The van der Waals surface area contributed by atoms with Gasteiger partial charge < -0.3 is 10.1 Å². The number of aromatic nitrogens is 3. The summed E-state index contributed by atoms with van der Waals surface area (Å²) in [6.07, 6.45) is 1.64. The second kappa shape index (κ2) is 9.95. The van der Waals surface area contributed by atoms with E-state index in [-0.39, 0.29) is 17.7 Å². The third-order valence-corrected chi connectivity index (χ3v) is 5.71. The van der Waals surface area contributed by atoms with Crippen molar-refractivity contribution in [2.24, 2.45) is 0 Å². The number of benzene rings is 3. The van der Waals surface area contributed by atoms with Crippen molar-refractivity contribution in [2.75, 3.05) is 12.9 Å². The molecule has 0 aliphatic rings. The first kappa shape index (κ1) is 20.7. The monoisotopic (exact) mass is 430 g/mol. The van der Waals surface area contributed by atoms with Gasteiger partial charge >= 0.3 is 0 Å². The van der Waals surface area contributed by atoms with Gasteiger partial charge in [0, 0.05) is 5.69 Å². The van der Waals surface area contributed by atoms with Crippen LogP contribution in [0.25, 0.3) is 5.69 Å². The third kappa shape index (κ3) is 5.13. The molecule has 31 heavy (non-hydrogen) atoms. The molecule has 1 aromatic heterocycles. The van der Waals surface area contributed by atoms with Crippen LogP contribution < -0.4 is 10.1 Å². The fourth-order valence-electron chi connectivity index (χ4n) is 3.23. The Labute approximate surface area is 185 Å². The molecule has 0 aliphatic heterocycles. The second-order valence-corrected chi connectivity index (χ2v) is 7.73. The van der Waals surface area contributed by atoms with E-state index in [0.717, 1.165) is 22.6 Å². The van der Waals surface area contributed by atoms with Gasteiger partial charge in [0.05, 0.1) is 18.9 Å². The molecule has 0 aliphatic carbocycles. The number of rotatable bonds is 8. The summed E-state index contributed by atoms with van der Waals surface area (Å²) in [5, 5.41) is 12.0. The Morgan fingerprint density at radius 1 is 0.968 bits per heavy atom. The first-order valence-electron chi connectivity index (χ1n) is 9.81. The highest BCUT2D eigenvalue weighted by molar-refractivity contribution is 7.99. The van der Waals surface area contributed by atoms with Gasteiger partial charge in [-0.1, -0.05) is 72.4 Å². The zero-order valence-electron chi connectivity index (χ0n) is 17.0. The van der Waals surface area contributed by atoms with Crippen molar-refractivity contribution in [1.29, 1.82) is 0 Å². The number of amides is 1. The van der Waals surface area contributed by atoms with Crippen LogP contribution in [0.2, 0.25) is 0 Å². The third-order valence-electron chi connectivity index (χ3n) is 4.77. The van der Waals surface area contributed by atoms with Crippen LogP contribution >= 0.6 is 11.8 Å². The van der Waals surface area contributed by atoms with E-state index in [1.54, 1.807) is 13.4 Å². The van der Waals surface area contributed by atoms with E-state index in [4.69, 9.17) is 4.74 Å². The van der Waals surface area contributed by atoms with Crippen molar-refractivity contribution in [1.82, 2.24) is 20.1 Å². The Hall–Kier alpha value is -3.58. The van der Waals surface area contributed by atoms with Crippen LogP contribution in [0.3, 0.4) is 0 Å². The summed E-state index contributed by atoms with van der Waals surface area (Å²) >= 11 is 1.35. The summed E-state index contributed by atoms with van der Waals surface area (Å²) in [7, 11) is 1.63. The van der Waals surface area contributed by atoms with Crippen molar-refractivity contribution in [3.8, 4) is 11.4 Å². The number of nitrogens with one attached hydrogen (secondary N) is 1. The summed E-state index contributed by atoms with van der Waals surface area (Å²) in [5.74, 6) is 0.927. The molecule has 0 saturated heterocycles. The SMILES string of the molecule is COc1ccc(-n2cnnc2SCC(=O)NC(c2ccccc2)c2ccccc2)cc1. The average molecular weight is 431 g/mol. The number of hydrogen-bond acceptors (Lipinski definition) is 5. The van der Waals surface area contributed by atoms with Crippen molar-refractivity contribution in [2.45, 2.75) is 11.2 Å². The lowest BCUT2D eigenvalue weighted by molar-refractivity contribution is -0.119. The Bertz CT molecular complexity index is 1080. The fourth-order valence-corrected chi connectivity index (χ4v) is 3.97. The molecule has 1 amide bonds. The van der Waals surface area contributed by atoms with Crippen LogP contribution in [0, 0.1) is 0 Å². The maximum absolute atomic E-state index is 12.8. The molecule has 0 radical (unpaired) electrons. The van der Waals surface area contributed by atoms with Crippen LogP contribution in [-0.2, 0) is 4.79 Å². The van der Waals surface area contributed by atoms with Crippen LogP contribution in [0.15, 0.2) is 96.4 Å². The topological polar surface area (TPSA) is 69.0 Å². The lowest BCUT2D eigenvalue weighted by Gasteiger charge is -2.19. The zero-order valence-corrected chi connectivity index (χ0v) is 17.8. The van der Waals surface area contributed by atoms with E-state index in [0.29, 0.717) is 5.16 Å². The lowest BCUT2D eigenvalue weighted by Crippen LogP contribution is -2.30. The summed E-state index contributed by atoms with van der Waals surface area (Å²) < 4.78 is 7.06. The highest BCUT2D eigenvalue weighted by Crippen LogP contribution is 2.24. The molecule has 7 heteroatoms. The summed E-state index contributed by atoms with van der Waals surface area (Å²) in [6.45, 7) is 0. The lowest BCUT2D eigenvalue weighted by atomic mass is 9.99. The van der Waals surface area contributed by atoms with Crippen LogP contribution in [0.4, 0.5) is 0 Å². The molecule has 0 bridgehead atoms.